The molecule has 0 radical (unpaired) electrons. The lowest BCUT2D eigenvalue weighted by molar-refractivity contribution is 0.602. The summed E-state index contributed by atoms with van der Waals surface area (Å²) in [6, 6.07) is 2.86. The molecule has 0 amide bonds. The van der Waals surface area contributed by atoms with Crippen LogP contribution in [0, 0.1) is 12.8 Å². The fourth-order valence-corrected chi connectivity index (χ4v) is 2.55. The number of nitrogens with one attached hydrogen (secondary N) is 1. The number of anilines is 1. The fraction of sp³-hybridized carbons (Fsp3) is 0.688. The van der Waals surface area contributed by atoms with E-state index in [0.717, 1.165) is 24.7 Å². The van der Waals surface area contributed by atoms with Crippen LogP contribution in [0.25, 0.3) is 0 Å². The molecule has 1 aliphatic carbocycles. The van der Waals surface area contributed by atoms with Crippen LogP contribution in [-0.4, -0.2) is 24.6 Å². The third-order valence-electron chi connectivity index (χ3n) is 4.14. The first-order valence-corrected chi connectivity index (χ1v) is 7.52. The molecule has 0 aromatic carbocycles. The second-order valence-corrected chi connectivity index (χ2v) is 5.82. The highest BCUT2D eigenvalue weighted by atomic mass is 15.1. The van der Waals surface area contributed by atoms with Crippen molar-refractivity contribution in [3.63, 3.8) is 0 Å². The number of hydrogen-bond donors (Lipinski definition) is 1. The van der Waals surface area contributed by atoms with Crippen molar-refractivity contribution >= 4 is 5.69 Å². The fourth-order valence-electron chi connectivity index (χ4n) is 2.55. The van der Waals surface area contributed by atoms with Crippen molar-refractivity contribution in [3.05, 3.63) is 23.5 Å². The summed E-state index contributed by atoms with van der Waals surface area (Å²) in [4.78, 5) is 6.89. The minimum Gasteiger partial charge on any atom is -0.371 e. The number of aromatic nitrogens is 1. The van der Waals surface area contributed by atoms with E-state index in [0.29, 0.717) is 6.04 Å². The summed E-state index contributed by atoms with van der Waals surface area (Å²) in [5, 5.41) is 3.48. The van der Waals surface area contributed by atoms with Crippen molar-refractivity contribution in [2.24, 2.45) is 5.92 Å². The first-order valence-electron chi connectivity index (χ1n) is 7.52. The quantitative estimate of drug-likeness (QED) is 0.764. The molecule has 0 aliphatic heterocycles. The first kappa shape index (κ1) is 14.3. The van der Waals surface area contributed by atoms with Gasteiger partial charge in [-0.15, -0.1) is 0 Å². The van der Waals surface area contributed by atoms with Crippen LogP contribution in [0.5, 0.6) is 0 Å². The molecule has 0 spiro atoms. The highest BCUT2D eigenvalue weighted by Gasteiger charge is 2.31. The van der Waals surface area contributed by atoms with Crippen molar-refractivity contribution in [3.8, 4) is 0 Å². The van der Waals surface area contributed by atoms with Gasteiger partial charge >= 0.3 is 0 Å². The largest absolute Gasteiger partial charge is 0.371 e. The third-order valence-corrected chi connectivity index (χ3v) is 4.14. The summed E-state index contributed by atoms with van der Waals surface area (Å²) in [6.45, 7) is 8.59. The van der Waals surface area contributed by atoms with Crippen molar-refractivity contribution in [2.45, 2.75) is 52.6 Å². The monoisotopic (exact) mass is 261 g/mol. The van der Waals surface area contributed by atoms with Crippen molar-refractivity contribution < 1.29 is 0 Å². The van der Waals surface area contributed by atoms with Crippen molar-refractivity contribution in [1.82, 2.24) is 10.3 Å². The van der Waals surface area contributed by atoms with E-state index < -0.39 is 0 Å². The highest BCUT2D eigenvalue weighted by molar-refractivity contribution is 5.54. The lowest BCUT2D eigenvalue weighted by Crippen LogP contribution is -2.32. The van der Waals surface area contributed by atoms with Gasteiger partial charge in [0.05, 0.1) is 0 Å². The molecule has 1 aromatic heterocycles. The van der Waals surface area contributed by atoms with Crippen LogP contribution in [0.1, 0.15) is 44.4 Å². The average Bonchev–Trinajstić information content (AvgIpc) is 3.23. The number of hydrogen-bond acceptors (Lipinski definition) is 3. The second kappa shape index (κ2) is 6.38. The molecule has 1 fully saturated rings. The van der Waals surface area contributed by atoms with Crippen LogP contribution in [0.15, 0.2) is 12.3 Å². The SMILES string of the molecule is CCCNCc1cnc(C)cc1N(C)C(C)C1CC1. The van der Waals surface area contributed by atoms with E-state index in [-0.39, 0.29) is 0 Å². The second-order valence-electron chi connectivity index (χ2n) is 5.82. The zero-order valence-electron chi connectivity index (χ0n) is 12.7. The summed E-state index contributed by atoms with van der Waals surface area (Å²) in [5.74, 6) is 0.884. The first-order chi connectivity index (χ1) is 9.13. The molecule has 106 valence electrons. The van der Waals surface area contributed by atoms with E-state index >= 15 is 0 Å². The van der Waals surface area contributed by atoms with E-state index in [1.165, 1.54) is 30.5 Å². The van der Waals surface area contributed by atoms with E-state index in [9.17, 15) is 0 Å². The number of nitrogens with zero attached hydrogens (tertiary/aromatic N) is 2. The molecule has 1 heterocycles. The van der Waals surface area contributed by atoms with Gasteiger partial charge in [0.15, 0.2) is 0 Å². The van der Waals surface area contributed by atoms with Crippen molar-refractivity contribution in [2.75, 3.05) is 18.5 Å². The molecule has 0 bridgehead atoms. The average molecular weight is 261 g/mol. The Morgan fingerprint density at radius 2 is 2.21 bits per heavy atom. The number of rotatable bonds is 7. The Hall–Kier alpha value is -1.09. The Morgan fingerprint density at radius 3 is 2.84 bits per heavy atom. The van der Waals surface area contributed by atoms with Gasteiger partial charge in [-0.3, -0.25) is 4.98 Å². The Kier molecular flexibility index (Phi) is 4.81. The van der Waals surface area contributed by atoms with E-state index in [1.54, 1.807) is 0 Å². The van der Waals surface area contributed by atoms with Gasteiger partial charge in [-0.1, -0.05) is 6.92 Å². The van der Waals surface area contributed by atoms with Gasteiger partial charge < -0.3 is 10.2 Å². The predicted octanol–water partition coefficient (Wildman–Crippen LogP) is 3.12. The molecule has 1 atom stereocenters. The third kappa shape index (κ3) is 3.69. The lowest BCUT2D eigenvalue weighted by Gasteiger charge is -2.29. The van der Waals surface area contributed by atoms with Gasteiger partial charge in [0.25, 0.3) is 0 Å². The van der Waals surface area contributed by atoms with Gasteiger partial charge in [0.2, 0.25) is 0 Å². The number of aryl methyl sites for hydroxylation is 1. The maximum atomic E-state index is 4.45. The van der Waals surface area contributed by atoms with Gasteiger partial charge in [0.1, 0.15) is 0 Å². The Morgan fingerprint density at radius 1 is 1.47 bits per heavy atom. The summed E-state index contributed by atoms with van der Waals surface area (Å²) in [7, 11) is 2.22. The predicted molar refractivity (Wildman–Crippen MR) is 81.6 cm³/mol. The zero-order valence-corrected chi connectivity index (χ0v) is 12.7. The molecule has 1 aliphatic rings. The minimum atomic E-state index is 0.631. The number of pyridine rings is 1. The zero-order chi connectivity index (χ0) is 13.8. The van der Waals surface area contributed by atoms with Crippen LogP contribution in [-0.2, 0) is 6.54 Å². The molecule has 19 heavy (non-hydrogen) atoms. The molecule has 2 rings (SSSR count). The van der Waals surface area contributed by atoms with Crippen LogP contribution in [0.3, 0.4) is 0 Å². The molecule has 1 saturated carbocycles. The Balaban J connectivity index is 2.13. The molecule has 3 nitrogen and oxygen atoms in total. The van der Waals surface area contributed by atoms with Gasteiger partial charge in [-0.05, 0) is 51.6 Å². The molecule has 1 unspecified atom stereocenters. The summed E-state index contributed by atoms with van der Waals surface area (Å²) >= 11 is 0. The topological polar surface area (TPSA) is 28.2 Å². The molecule has 1 aromatic rings. The molecular weight excluding hydrogens is 234 g/mol. The van der Waals surface area contributed by atoms with Crippen LogP contribution in [0.4, 0.5) is 5.69 Å². The van der Waals surface area contributed by atoms with Crippen LogP contribution < -0.4 is 10.2 Å². The molecule has 1 N–H and O–H groups in total. The van der Waals surface area contributed by atoms with Crippen LogP contribution in [0.2, 0.25) is 0 Å². The van der Waals surface area contributed by atoms with Gasteiger partial charge in [-0.25, -0.2) is 0 Å². The standard InChI is InChI=1S/C16H27N3/c1-5-8-17-10-15-11-18-12(2)9-16(15)19(4)13(3)14-6-7-14/h9,11,13-14,17H,5-8,10H2,1-4H3. The van der Waals surface area contributed by atoms with E-state index in [1.807, 2.05) is 6.20 Å². The molecule has 0 saturated heterocycles. The smallest absolute Gasteiger partial charge is 0.0445 e. The summed E-state index contributed by atoms with van der Waals surface area (Å²) in [6.07, 6.45) is 5.98. The summed E-state index contributed by atoms with van der Waals surface area (Å²) in [5.41, 5.74) is 3.76. The Bertz CT molecular complexity index is 412. The van der Waals surface area contributed by atoms with E-state index in [2.05, 4.69) is 49.1 Å². The maximum absolute atomic E-state index is 4.45. The molecular formula is C16H27N3. The Labute approximate surface area is 117 Å². The normalized spacial score (nSPS) is 16.4. The lowest BCUT2D eigenvalue weighted by atomic mass is 10.1. The minimum absolute atomic E-state index is 0.631. The van der Waals surface area contributed by atoms with Crippen molar-refractivity contribution in [1.29, 1.82) is 0 Å². The van der Waals surface area contributed by atoms with E-state index in [4.69, 9.17) is 0 Å². The highest BCUT2D eigenvalue weighted by Crippen LogP contribution is 2.37. The maximum Gasteiger partial charge on any atom is 0.0445 e. The van der Waals surface area contributed by atoms with Crippen LogP contribution >= 0.6 is 0 Å². The van der Waals surface area contributed by atoms with Gasteiger partial charge in [-0.2, -0.15) is 0 Å². The molecule has 3 heteroatoms. The van der Waals surface area contributed by atoms with Gasteiger partial charge in [0, 0.05) is 42.8 Å². The summed E-state index contributed by atoms with van der Waals surface area (Å²) < 4.78 is 0.